The van der Waals surface area contributed by atoms with Crippen molar-refractivity contribution in [1.82, 2.24) is 15.2 Å². The smallest absolute Gasteiger partial charge is 0.419 e. The second-order valence-electron chi connectivity index (χ2n) is 11.5. The number of ether oxygens (including phenoxy) is 2. The Hall–Kier alpha value is -4.35. The number of methoxy groups -OCH3 is 1. The lowest BCUT2D eigenvalue weighted by molar-refractivity contribution is 0.0546. The lowest BCUT2D eigenvalue weighted by Gasteiger charge is -2.22. The Balaban J connectivity index is 1.63. The number of aromatic nitrogens is 1. The molecular formula is C32H35N3O7S. The van der Waals surface area contributed by atoms with Gasteiger partial charge in [-0.05, 0) is 68.7 Å². The summed E-state index contributed by atoms with van der Waals surface area (Å²) in [5, 5.41) is 6.98. The minimum absolute atomic E-state index is 0.0343. The normalized spacial score (nSPS) is 13.1. The lowest BCUT2D eigenvalue weighted by atomic mass is 9.98. The number of carbonyl (C=O) groups excluding carboxylic acids is 2. The summed E-state index contributed by atoms with van der Waals surface area (Å²) >= 11 is 0. The zero-order valence-corrected chi connectivity index (χ0v) is 25.8. The van der Waals surface area contributed by atoms with Crippen LogP contribution in [0.25, 0.3) is 22.2 Å². The van der Waals surface area contributed by atoms with Crippen LogP contribution in [0.1, 0.15) is 53.4 Å². The summed E-state index contributed by atoms with van der Waals surface area (Å²) < 4.78 is 42.1. The third-order valence-corrected chi connectivity index (χ3v) is 7.55. The summed E-state index contributed by atoms with van der Waals surface area (Å²) in [7, 11) is -2.55. The Kier molecular flexibility index (Phi) is 7.97. The van der Waals surface area contributed by atoms with Crippen molar-refractivity contribution in [3.63, 3.8) is 0 Å². The Morgan fingerprint density at radius 1 is 1.07 bits per heavy atom. The number of carbonyl (C=O) groups is 2. The van der Waals surface area contributed by atoms with E-state index >= 15 is 0 Å². The van der Waals surface area contributed by atoms with E-state index < -0.39 is 27.7 Å². The molecule has 43 heavy (non-hydrogen) atoms. The highest BCUT2D eigenvalue weighted by molar-refractivity contribution is 7.86. The summed E-state index contributed by atoms with van der Waals surface area (Å²) in [5.74, 6) is -0.380. The van der Waals surface area contributed by atoms with Crippen molar-refractivity contribution in [1.29, 1.82) is 0 Å². The van der Waals surface area contributed by atoms with Gasteiger partial charge in [0.2, 0.25) is 0 Å². The molecule has 11 heteroatoms. The topological polar surface area (TPSA) is 125 Å². The molecule has 3 aromatic carbocycles. The number of rotatable bonds is 8. The van der Waals surface area contributed by atoms with E-state index in [1.165, 1.54) is 28.9 Å². The van der Waals surface area contributed by atoms with Crippen molar-refractivity contribution in [2.75, 3.05) is 13.4 Å². The van der Waals surface area contributed by atoms with Crippen molar-refractivity contribution in [3.05, 3.63) is 82.4 Å². The molecule has 0 saturated carbocycles. The summed E-state index contributed by atoms with van der Waals surface area (Å²) in [6, 6.07) is 17.3. The first kappa shape index (κ1) is 30.1. The molecule has 0 fully saturated rings. The molecule has 4 aromatic rings. The molecular weight excluding hydrogens is 570 g/mol. The summed E-state index contributed by atoms with van der Waals surface area (Å²) in [5.41, 5.74) is 4.54. The number of nitrogens with one attached hydrogen (secondary N) is 2. The van der Waals surface area contributed by atoms with E-state index in [2.05, 4.69) is 29.7 Å². The van der Waals surface area contributed by atoms with Gasteiger partial charge in [-0.2, -0.15) is 8.42 Å². The van der Waals surface area contributed by atoms with E-state index in [1.807, 2.05) is 36.4 Å². The van der Waals surface area contributed by atoms with Crippen LogP contribution < -0.4 is 19.6 Å². The van der Waals surface area contributed by atoms with Crippen LogP contribution in [0.2, 0.25) is 0 Å². The quantitative estimate of drug-likeness (QED) is 0.260. The maximum Gasteiger partial charge on any atom is 0.419 e. The van der Waals surface area contributed by atoms with Crippen molar-refractivity contribution in [3.8, 4) is 22.8 Å². The molecule has 0 radical (unpaired) electrons. The maximum absolute atomic E-state index is 13.7. The fourth-order valence-corrected chi connectivity index (χ4v) is 5.69. The van der Waals surface area contributed by atoms with Gasteiger partial charge in [-0.25, -0.2) is 9.36 Å². The monoisotopic (exact) mass is 605 g/mol. The number of benzene rings is 3. The van der Waals surface area contributed by atoms with Crippen molar-refractivity contribution in [2.45, 2.75) is 52.9 Å². The molecule has 0 spiro atoms. The maximum atomic E-state index is 13.7. The number of hydrogen-bond donors (Lipinski definition) is 2. The largest absolute Gasteiger partial charge is 0.493 e. The van der Waals surface area contributed by atoms with Crippen LogP contribution in [0.3, 0.4) is 0 Å². The van der Waals surface area contributed by atoms with Gasteiger partial charge >= 0.3 is 16.2 Å². The van der Waals surface area contributed by atoms with E-state index in [0.29, 0.717) is 35.4 Å². The van der Waals surface area contributed by atoms with Gasteiger partial charge in [0.05, 0.1) is 30.1 Å². The van der Waals surface area contributed by atoms with E-state index in [4.69, 9.17) is 13.7 Å². The molecule has 5 rings (SSSR count). The third-order valence-electron chi connectivity index (χ3n) is 7.08. The Labute approximate surface area is 251 Å². The van der Waals surface area contributed by atoms with Gasteiger partial charge in [-0.3, -0.25) is 4.79 Å². The van der Waals surface area contributed by atoms with Crippen LogP contribution in [0.4, 0.5) is 4.79 Å². The number of aryl methyl sites for hydroxylation is 1. The molecule has 1 aliphatic heterocycles. The number of nitrogens with zero attached hydrogens (tertiary/aromatic N) is 1. The predicted molar refractivity (Wildman–Crippen MR) is 164 cm³/mol. The second kappa shape index (κ2) is 11.4. The average molecular weight is 606 g/mol. The number of amides is 1. The second-order valence-corrected chi connectivity index (χ2v) is 13.1. The molecule has 1 aromatic heterocycles. The molecule has 0 bridgehead atoms. The fraction of sp³-hybridized carbons (Fsp3) is 0.312. The first-order valence-corrected chi connectivity index (χ1v) is 15.6. The molecule has 0 saturated heterocycles. The Morgan fingerprint density at radius 3 is 2.49 bits per heavy atom. The predicted octanol–water partition coefficient (Wildman–Crippen LogP) is 5.28. The molecule has 2 N–H and O–H groups in total. The van der Waals surface area contributed by atoms with Gasteiger partial charge in [0.1, 0.15) is 5.60 Å². The van der Waals surface area contributed by atoms with Gasteiger partial charge in [0, 0.05) is 36.1 Å². The fourth-order valence-electron chi connectivity index (χ4n) is 5.20. The Bertz CT molecular complexity index is 1850. The molecule has 0 aliphatic carbocycles. The van der Waals surface area contributed by atoms with E-state index in [0.717, 1.165) is 17.2 Å². The highest BCUT2D eigenvalue weighted by Gasteiger charge is 2.34. The van der Waals surface area contributed by atoms with Gasteiger partial charge < -0.3 is 24.3 Å². The molecule has 2 heterocycles. The molecule has 226 valence electrons. The van der Waals surface area contributed by atoms with Crippen LogP contribution in [0.5, 0.6) is 11.5 Å². The third kappa shape index (κ3) is 6.37. The van der Waals surface area contributed by atoms with Gasteiger partial charge in [0.25, 0.3) is 5.91 Å². The average Bonchev–Trinajstić information content (AvgIpc) is 3.49. The molecule has 0 unspecified atom stereocenters. The SMILES string of the molecule is COc1cc(-c2cc3cc(CNCc4ccccc4C)ccc3n2C(=O)OC(C)(C)C)c2c(c1OS(C)(=O)=O)CNC2=O. The summed E-state index contributed by atoms with van der Waals surface area (Å²) in [6.07, 6.45) is 0.302. The van der Waals surface area contributed by atoms with Crippen LogP contribution in [-0.4, -0.2) is 44.0 Å². The highest BCUT2D eigenvalue weighted by Crippen LogP contribution is 2.44. The van der Waals surface area contributed by atoms with Crippen molar-refractivity contribution < 1.29 is 31.7 Å². The van der Waals surface area contributed by atoms with E-state index in [1.54, 1.807) is 20.8 Å². The minimum atomic E-state index is -3.93. The van der Waals surface area contributed by atoms with Crippen LogP contribution in [-0.2, 0) is 34.5 Å². The highest BCUT2D eigenvalue weighted by atomic mass is 32.2. The van der Waals surface area contributed by atoms with Crippen LogP contribution >= 0.6 is 0 Å². The van der Waals surface area contributed by atoms with E-state index in [9.17, 15) is 18.0 Å². The summed E-state index contributed by atoms with van der Waals surface area (Å²) in [6.45, 7) is 8.75. The first-order valence-electron chi connectivity index (χ1n) is 13.8. The van der Waals surface area contributed by atoms with Gasteiger partial charge in [0.15, 0.2) is 11.5 Å². The molecule has 1 aliphatic rings. The molecule has 1 amide bonds. The Morgan fingerprint density at radius 2 is 1.81 bits per heavy atom. The van der Waals surface area contributed by atoms with Crippen molar-refractivity contribution >= 4 is 33.0 Å². The van der Waals surface area contributed by atoms with E-state index in [-0.39, 0.29) is 23.6 Å². The number of fused-ring (bicyclic) bond motifs is 2. The van der Waals surface area contributed by atoms with Gasteiger partial charge in [-0.1, -0.05) is 30.3 Å². The minimum Gasteiger partial charge on any atom is -0.493 e. The van der Waals surface area contributed by atoms with Gasteiger partial charge in [-0.15, -0.1) is 0 Å². The zero-order valence-electron chi connectivity index (χ0n) is 25.0. The molecule has 10 nitrogen and oxygen atoms in total. The van der Waals surface area contributed by atoms with Crippen LogP contribution in [0, 0.1) is 6.92 Å². The number of hydrogen-bond acceptors (Lipinski definition) is 8. The standard InChI is InChI=1S/C32H35N3O7S/c1-19-9-7-8-10-21(19)17-33-16-20-11-12-25-22(13-20)14-26(35(25)31(37)41-32(2,3)4)23-15-27(40-5)29(42-43(6,38)39)24-18-34-30(36)28(23)24/h7-15,33H,16-18H2,1-6H3,(H,34,36). The van der Waals surface area contributed by atoms with Crippen molar-refractivity contribution in [2.24, 2.45) is 0 Å². The molecule has 0 atom stereocenters. The van der Waals surface area contributed by atoms with Crippen LogP contribution in [0.15, 0.2) is 54.6 Å². The zero-order chi connectivity index (χ0) is 31.1. The summed E-state index contributed by atoms with van der Waals surface area (Å²) in [4.78, 5) is 26.8. The lowest BCUT2D eigenvalue weighted by Crippen LogP contribution is -2.27. The first-order chi connectivity index (χ1) is 20.3.